The number of methoxy groups -OCH3 is 2. The average molecular weight is 436 g/mol. The van der Waals surface area contributed by atoms with Gasteiger partial charge in [-0.05, 0) is 31.2 Å². The second-order valence-electron chi connectivity index (χ2n) is 7.27. The Bertz CT molecular complexity index is 1440. The van der Waals surface area contributed by atoms with Crippen molar-refractivity contribution in [2.45, 2.75) is 13.0 Å². The first kappa shape index (κ1) is 19.8. The second kappa shape index (κ2) is 7.23. The van der Waals surface area contributed by atoms with Crippen LogP contribution in [-0.4, -0.2) is 25.3 Å². The van der Waals surface area contributed by atoms with Gasteiger partial charge in [-0.25, -0.2) is 4.39 Å². The van der Waals surface area contributed by atoms with Crippen molar-refractivity contribution < 1.29 is 27.6 Å². The van der Waals surface area contributed by atoms with Gasteiger partial charge in [0.25, 0.3) is 5.91 Å². The predicted molar refractivity (Wildman–Crippen MR) is 112 cm³/mol. The largest absolute Gasteiger partial charge is 0.493 e. The van der Waals surface area contributed by atoms with Crippen LogP contribution in [0.1, 0.15) is 33.5 Å². The van der Waals surface area contributed by atoms with E-state index in [1.807, 2.05) is 0 Å². The van der Waals surface area contributed by atoms with E-state index in [-0.39, 0.29) is 28.1 Å². The topological polar surface area (TPSA) is 95.0 Å². The molecule has 2 aromatic carbocycles. The van der Waals surface area contributed by atoms with Gasteiger partial charge in [0.1, 0.15) is 23.2 Å². The molecule has 162 valence electrons. The molecule has 0 aliphatic carbocycles. The minimum absolute atomic E-state index is 0.0293. The first-order chi connectivity index (χ1) is 15.4. The summed E-state index contributed by atoms with van der Waals surface area (Å²) in [6.45, 7) is 1.69. The average Bonchev–Trinajstić information content (AvgIpc) is 3.34. The molecule has 0 spiro atoms. The van der Waals surface area contributed by atoms with Gasteiger partial charge >= 0.3 is 0 Å². The Morgan fingerprint density at radius 2 is 1.91 bits per heavy atom. The lowest BCUT2D eigenvalue weighted by atomic mass is 9.97. The molecule has 0 unspecified atom stereocenters. The Morgan fingerprint density at radius 1 is 1.09 bits per heavy atom. The van der Waals surface area contributed by atoms with Gasteiger partial charge in [-0.1, -0.05) is 17.3 Å². The van der Waals surface area contributed by atoms with Crippen LogP contribution in [0.15, 0.2) is 56.2 Å². The molecule has 0 saturated carbocycles. The maximum atomic E-state index is 13.9. The molecular weight excluding hydrogens is 419 g/mol. The molecule has 1 atom stereocenters. The van der Waals surface area contributed by atoms with E-state index >= 15 is 0 Å². The molecule has 1 aliphatic rings. The van der Waals surface area contributed by atoms with Crippen molar-refractivity contribution in [2.75, 3.05) is 19.1 Å². The Balaban J connectivity index is 1.86. The van der Waals surface area contributed by atoms with Crippen LogP contribution in [0, 0.1) is 12.7 Å². The van der Waals surface area contributed by atoms with Gasteiger partial charge < -0.3 is 18.4 Å². The molecule has 2 aromatic heterocycles. The number of hydrogen-bond acceptors (Lipinski definition) is 7. The number of ether oxygens (including phenoxy) is 2. The van der Waals surface area contributed by atoms with E-state index in [0.717, 1.165) is 6.07 Å². The summed E-state index contributed by atoms with van der Waals surface area (Å²) in [6.07, 6.45) is 0. The van der Waals surface area contributed by atoms with Gasteiger partial charge in [0.05, 0.1) is 25.2 Å². The quantitative estimate of drug-likeness (QED) is 0.477. The molecule has 3 heterocycles. The standard InChI is InChI=1S/C23H17FN2O6/c1-11-9-17(25-32-11)26-19(13-5-4-6-16(29-2)21(13)30-3)18-20(27)14-10-12(24)7-8-15(14)31-22(18)23(26)28/h4-10,19H,1-3H3/t19-/m1/s1. The summed E-state index contributed by atoms with van der Waals surface area (Å²) < 4.78 is 35.9. The molecule has 4 aromatic rings. The molecule has 1 amide bonds. The number of nitrogens with zero attached hydrogens (tertiary/aromatic N) is 2. The number of para-hydroxylation sites is 1. The number of anilines is 1. The molecule has 0 bridgehead atoms. The third-order valence-corrected chi connectivity index (χ3v) is 5.42. The number of aromatic nitrogens is 1. The lowest BCUT2D eigenvalue weighted by molar-refractivity contribution is 0.0969. The van der Waals surface area contributed by atoms with Crippen molar-refractivity contribution in [3.05, 3.63) is 81.2 Å². The maximum absolute atomic E-state index is 13.9. The normalized spacial score (nSPS) is 15.3. The van der Waals surface area contributed by atoms with Crippen LogP contribution in [0.25, 0.3) is 11.0 Å². The predicted octanol–water partition coefficient (Wildman–Crippen LogP) is 4.00. The summed E-state index contributed by atoms with van der Waals surface area (Å²) in [7, 11) is 2.95. The first-order valence-electron chi connectivity index (χ1n) is 9.68. The fourth-order valence-corrected chi connectivity index (χ4v) is 4.07. The molecule has 0 N–H and O–H groups in total. The molecule has 8 nitrogen and oxygen atoms in total. The van der Waals surface area contributed by atoms with Gasteiger partial charge in [-0.3, -0.25) is 14.5 Å². The van der Waals surface area contributed by atoms with Gasteiger partial charge in [-0.2, -0.15) is 0 Å². The molecule has 5 rings (SSSR count). The number of carbonyl (C=O) groups is 1. The summed E-state index contributed by atoms with van der Waals surface area (Å²) in [5.41, 5.74) is 0.118. The third-order valence-electron chi connectivity index (χ3n) is 5.42. The third kappa shape index (κ3) is 2.78. The summed E-state index contributed by atoms with van der Waals surface area (Å²) >= 11 is 0. The highest BCUT2D eigenvalue weighted by Gasteiger charge is 2.46. The number of halogens is 1. The molecule has 0 radical (unpaired) electrons. The Kier molecular flexibility index (Phi) is 4.47. The molecule has 9 heteroatoms. The highest BCUT2D eigenvalue weighted by Crippen LogP contribution is 2.46. The van der Waals surface area contributed by atoms with E-state index in [9.17, 15) is 14.0 Å². The van der Waals surface area contributed by atoms with Gasteiger partial charge in [0.15, 0.2) is 22.7 Å². The van der Waals surface area contributed by atoms with Gasteiger partial charge in [0, 0.05) is 11.6 Å². The van der Waals surface area contributed by atoms with Crippen LogP contribution in [0.3, 0.4) is 0 Å². The van der Waals surface area contributed by atoms with Crippen LogP contribution >= 0.6 is 0 Å². The molecule has 1 aliphatic heterocycles. The summed E-state index contributed by atoms with van der Waals surface area (Å²) in [5, 5.41) is 4.00. The van der Waals surface area contributed by atoms with Crippen LogP contribution in [0.4, 0.5) is 10.2 Å². The fraction of sp³-hybridized carbons (Fsp3) is 0.174. The first-order valence-corrected chi connectivity index (χ1v) is 9.68. The maximum Gasteiger partial charge on any atom is 0.296 e. The van der Waals surface area contributed by atoms with Crippen LogP contribution in [0.5, 0.6) is 11.5 Å². The van der Waals surface area contributed by atoms with E-state index in [0.29, 0.717) is 22.8 Å². The number of carbonyl (C=O) groups excluding carboxylic acids is 1. The van der Waals surface area contributed by atoms with Crippen LogP contribution < -0.4 is 19.8 Å². The van der Waals surface area contributed by atoms with Gasteiger partial charge in [0.2, 0.25) is 5.76 Å². The van der Waals surface area contributed by atoms with Crippen molar-refractivity contribution in [1.29, 1.82) is 0 Å². The SMILES string of the molecule is COc1cccc([C@@H]2c3c(oc4ccc(F)cc4c3=O)C(=O)N2c2cc(C)on2)c1OC. The zero-order valence-electron chi connectivity index (χ0n) is 17.3. The van der Waals surface area contributed by atoms with Crippen molar-refractivity contribution in [3.8, 4) is 11.5 Å². The van der Waals surface area contributed by atoms with Gasteiger partial charge in [-0.15, -0.1) is 0 Å². The summed E-state index contributed by atoms with van der Waals surface area (Å²) in [5.74, 6) is 0.114. The van der Waals surface area contributed by atoms with E-state index < -0.39 is 23.2 Å². The van der Waals surface area contributed by atoms with E-state index in [1.54, 1.807) is 31.2 Å². The van der Waals surface area contributed by atoms with Crippen LogP contribution in [-0.2, 0) is 0 Å². The lowest BCUT2D eigenvalue weighted by Crippen LogP contribution is -2.30. The molecular formula is C23H17FN2O6. The Labute approximate surface area is 180 Å². The number of hydrogen-bond donors (Lipinski definition) is 0. The Hall–Kier alpha value is -4.14. The van der Waals surface area contributed by atoms with E-state index in [1.165, 1.54) is 31.3 Å². The molecule has 0 fully saturated rings. The van der Waals surface area contributed by atoms with Crippen LogP contribution in [0.2, 0.25) is 0 Å². The van der Waals surface area contributed by atoms with Crippen molar-refractivity contribution >= 4 is 22.7 Å². The highest BCUT2D eigenvalue weighted by molar-refractivity contribution is 6.10. The number of aryl methyl sites for hydroxylation is 1. The highest BCUT2D eigenvalue weighted by atomic mass is 19.1. The lowest BCUT2D eigenvalue weighted by Gasteiger charge is -2.24. The number of rotatable bonds is 4. The smallest absolute Gasteiger partial charge is 0.296 e. The Morgan fingerprint density at radius 3 is 2.59 bits per heavy atom. The van der Waals surface area contributed by atoms with Crippen molar-refractivity contribution in [2.24, 2.45) is 0 Å². The number of benzene rings is 2. The minimum Gasteiger partial charge on any atom is -0.493 e. The molecule has 0 saturated heterocycles. The van der Waals surface area contributed by atoms with Crippen molar-refractivity contribution in [3.63, 3.8) is 0 Å². The fourth-order valence-electron chi connectivity index (χ4n) is 4.07. The van der Waals surface area contributed by atoms with E-state index in [4.69, 9.17) is 18.4 Å². The minimum atomic E-state index is -0.962. The summed E-state index contributed by atoms with van der Waals surface area (Å²) in [6, 6.07) is 9.32. The number of amides is 1. The monoisotopic (exact) mass is 436 g/mol. The zero-order chi connectivity index (χ0) is 22.6. The number of fused-ring (bicyclic) bond motifs is 2. The van der Waals surface area contributed by atoms with E-state index in [2.05, 4.69) is 5.16 Å². The second-order valence-corrected chi connectivity index (χ2v) is 7.27. The van der Waals surface area contributed by atoms with Crippen molar-refractivity contribution in [1.82, 2.24) is 5.16 Å². The molecule has 32 heavy (non-hydrogen) atoms. The summed E-state index contributed by atoms with van der Waals surface area (Å²) in [4.78, 5) is 28.3. The zero-order valence-corrected chi connectivity index (χ0v) is 17.3.